The Bertz CT molecular complexity index is 792. The summed E-state index contributed by atoms with van der Waals surface area (Å²) in [6.45, 7) is 9.81. The molecule has 0 bridgehead atoms. The number of carbonyl (C=O) groups excluding carboxylic acids is 1. The molecule has 2 fully saturated rings. The number of hydrogen-bond acceptors (Lipinski definition) is 4. The van der Waals surface area contributed by atoms with Crippen LogP contribution in [0.15, 0.2) is 30.5 Å². The van der Waals surface area contributed by atoms with Crippen molar-refractivity contribution in [2.24, 2.45) is 0 Å². The quantitative estimate of drug-likeness (QED) is 0.851. The van der Waals surface area contributed by atoms with Crippen molar-refractivity contribution >= 4 is 22.5 Å². The first kappa shape index (κ1) is 17.3. The van der Waals surface area contributed by atoms with Crippen LogP contribution in [0.1, 0.15) is 25.3 Å². The van der Waals surface area contributed by atoms with Crippen molar-refractivity contribution in [3.05, 3.63) is 36.0 Å². The summed E-state index contributed by atoms with van der Waals surface area (Å²) in [5, 5.41) is 1.22. The van der Waals surface area contributed by atoms with Crippen molar-refractivity contribution in [1.82, 2.24) is 14.8 Å². The molecule has 2 aliphatic rings. The standard InChI is InChI=1S/C21H28N4O/c1-16-6-5-7-18-19(8-9-22-20(16)18)24-14-12-23(13-15-24)17(2)21(26)25-10-3-4-11-25/h5-9,17H,3-4,10-15H2,1-2H3. The molecule has 2 saturated heterocycles. The van der Waals surface area contributed by atoms with Crippen LogP contribution in [-0.4, -0.2) is 66.0 Å². The second-order valence-corrected chi connectivity index (χ2v) is 7.53. The fourth-order valence-corrected chi connectivity index (χ4v) is 4.29. The van der Waals surface area contributed by atoms with Crippen molar-refractivity contribution in [1.29, 1.82) is 0 Å². The third-order valence-electron chi connectivity index (χ3n) is 5.93. The Kier molecular flexibility index (Phi) is 4.81. The van der Waals surface area contributed by atoms with Gasteiger partial charge in [-0.25, -0.2) is 0 Å². The molecule has 1 amide bonds. The number of amides is 1. The van der Waals surface area contributed by atoms with Gasteiger partial charge in [0.25, 0.3) is 0 Å². The van der Waals surface area contributed by atoms with Gasteiger partial charge in [0.1, 0.15) is 0 Å². The number of fused-ring (bicyclic) bond motifs is 1. The first-order chi connectivity index (χ1) is 12.6. The summed E-state index contributed by atoms with van der Waals surface area (Å²) in [4.78, 5) is 24.0. The Morgan fingerprint density at radius 2 is 1.77 bits per heavy atom. The first-order valence-electron chi connectivity index (χ1n) is 9.77. The van der Waals surface area contributed by atoms with Gasteiger partial charge in [0.15, 0.2) is 0 Å². The second kappa shape index (κ2) is 7.23. The van der Waals surface area contributed by atoms with Gasteiger partial charge < -0.3 is 9.80 Å². The molecular formula is C21H28N4O. The summed E-state index contributed by atoms with van der Waals surface area (Å²) in [5.74, 6) is 0.306. The molecule has 3 heterocycles. The van der Waals surface area contributed by atoms with Crippen molar-refractivity contribution in [3.8, 4) is 0 Å². The molecule has 2 aromatic rings. The van der Waals surface area contributed by atoms with Gasteiger partial charge in [-0.3, -0.25) is 14.7 Å². The number of aryl methyl sites for hydroxylation is 1. The Balaban J connectivity index is 1.45. The Labute approximate surface area is 155 Å². The summed E-state index contributed by atoms with van der Waals surface area (Å²) in [5.41, 5.74) is 3.56. The first-order valence-corrected chi connectivity index (χ1v) is 9.77. The van der Waals surface area contributed by atoms with E-state index in [0.29, 0.717) is 5.91 Å². The predicted octanol–water partition coefficient (Wildman–Crippen LogP) is 2.68. The fourth-order valence-electron chi connectivity index (χ4n) is 4.29. The molecule has 1 aromatic heterocycles. The molecule has 1 atom stereocenters. The lowest BCUT2D eigenvalue weighted by Crippen LogP contribution is -2.54. The Morgan fingerprint density at radius 1 is 1.04 bits per heavy atom. The summed E-state index contributed by atoms with van der Waals surface area (Å²) in [6, 6.07) is 8.50. The largest absolute Gasteiger partial charge is 0.368 e. The van der Waals surface area contributed by atoms with Gasteiger partial charge in [0, 0.05) is 56.5 Å². The molecule has 0 aliphatic carbocycles. The highest BCUT2D eigenvalue weighted by atomic mass is 16.2. The van der Waals surface area contributed by atoms with Gasteiger partial charge >= 0.3 is 0 Å². The summed E-state index contributed by atoms with van der Waals surface area (Å²) in [7, 11) is 0. The number of pyridine rings is 1. The minimum Gasteiger partial charge on any atom is -0.368 e. The van der Waals surface area contributed by atoms with Crippen LogP contribution in [-0.2, 0) is 4.79 Å². The van der Waals surface area contributed by atoms with Gasteiger partial charge in [-0.1, -0.05) is 18.2 Å². The number of aromatic nitrogens is 1. The van der Waals surface area contributed by atoms with Crippen LogP contribution < -0.4 is 4.90 Å². The Morgan fingerprint density at radius 3 is 2.50 bits per heavy atom. The molecule has 1 aromatic carbocycles. The zero-order valence-corrected chi connectivity index (χ0v) is 15.8. The number of likely N-dealkylation sites (tertiary alicyclic amines) is 1. The number of benzene rings is 1. The summed E-state index contributed by atoms with van der Waals surface area (Å²) in [6.07, 6.45) is 4.22. The third kappa shape index (κ3) is 3.16. The normalized spacial score (nSPS) is 19.9. The lowest BCUT2D eigenvalue weighted by molar-refractivity contribution is -0.135. The molecule has 5 nitrogen and oxygen atoms in total. The van der Waals surface area contributed by atoms with E-state index in [4.69, 9.17) is 0 Å². The molecule has 1 unspecified atom stereocenters. The lowest BCUT2D eigenvalue weighted by Gasteiger charge is -2.39. The van der Waals surface area contributed by atoms with E-state index in [1.807, 2.05) is 11.1 Å². The van der Waals surface area contributed by atoms with E-state index >= 15 is 0 Å². The molecular weight excluding hydrogens is 324 g/mol. The number of hydrogen-bond donors (Lipinski definition) is 0. The summed E-state index contributed by atoms with van der Waals surface area (Å²) < 4.78 is 0. The van der Waals surface area contributed by atoms with Crippen molar-refractivity contribution in [2.75, 3.05) is 44.2 Å². The van der Waals surface area contributed by atoms with Crippen LogP contribution in [0.5, 0.6) is 0 Å². The van der Waals surface area contributed by atoms with Crippen LogP contribution in [0.4, 0.5) is 5.69 Å². The smallest absolute Gasteiger partial charge is 0.239 e. The van der Waals surface area contributed by atoms with Crippen LogP contribution >= 0.6 is 0 Å². The van der Waals surface area contributed by atoms with Gasteiger partial charge in [-0.2, -0.15) is 0 Å². The van der Waals surface area contributed by atoms with Crippen LogP contribution in [0.2, 0.25) is 0 Å². The van der Waals surface area contributed by atoms with Crippen molar-refractivity contribution in [2.45, 2.75) is 32.7 Å². The lowest BCUT2D eigenvalue weighted by atomic mass is 10.1. The molecule has 4 rings (SSSR count). The van der Waals surface area contributed by atoms with Gasteiger partial charge in [0.05, 0.1) is 11.6 Å². The van der Waals surface area contributed by atoms with E-state index in [9.17, 15) is 4.79 Å². The van der Waals surface area contributed by atoms with E-state index in [1.165, 1.54) is 16.6 Å². The van der Waals surface area contributed by atoms with E-state index in [-0.39, 0.29) is 6.04 Å². The van der Waals surface area contributed by atoms with E-state index in [2.05, 4.69) is 52.9 Å². The highest BCUT2D eigenvalue weighted by molar-refractivity contribution is 5.93. The second-order valence-electron chi connectivity index (χ2n) is 7.53. The number of anilines is 1. The average molecular weight is 352 g/mol. The summed E-state index contributed by atoms with van der Waals surface area (Å²) >= 11 is 0. The zero-order valence-electron chi connectivity index (χ0n) is 15.8. The topological polar surface area (TPSA) is 39.7 Å². The number of carbonyl (C=O) groups is 1. The molecule has 5 heteroatoms. The minimum absolute atomic E-state index is 0.00770. The van der Waals surface area contributed by atoms with Crippen LogP contribution in [0, 0.1) is 6.92 Å². The van der Waals surface area contributed by atoms with Gasteiger partial charge in [-0.05, 0) is 38.3 Å². The molecule has 26 heavy (non-hydrogen) atoms. The van der Waals surface area contributed by atoms with Crippen molar-refractivity contribution in [3.63, 3.8) is 0 Å². The maximum atomic E-state index is 12.7. The van der Waals surface area contributed by atoms with Gasteiger partial charge in [-0.15, -0.1) is 0 Å². The Hall–Kier alpha value is -2.14. The maximum absolute atomic E-state index is 12.7. The number of piperazine rings is 1. The monoisotopic (exact) mass is 352 g/mol. The number of para-hydroxylation sites is 1. The molecule has 0 N–H and O–H groups in total. The molecule has 2 aliphatic heterocycles. The third-order valence-corrected chi connectivity index (χ3v) is 5.93. The number of nitrogens with zero attached hydrogens (tertiary/aromatic N) is 4. The van der Waals surface area contributed by atoms with Gasteiger partial charge in [0.2, 0.25) is 5.91 Å². The van der Waals surface area contributed by atoms with Crippen LogP contribution in [0.25, 0.3) is 10.9 Å². The highest BCUT2D eigenvalue weighted by Gasteiger charge is 2.30. The zero-order chi connectivity index (χ0) is 18.1. The number of rotatable bonds is 3. The SMILES string of the molecule is Cc1cccc2c(N3CCN(C(C)C(=O)N4CCCC4)CC3)ccnc12. The fraction of sp³-hybridized carbons (Fsp3) is 0.524. The van der Waals surface area contributed by atoms with E-state index < -0.39 is 0 Å². The average Bonchev–Trinajstić information content (AvgIpc) is 3.22. The molecule has 138 valence electrons. The molecule has 0 saturated carbocycles. The molecule has 0 spiro atoms. The minimum atomic E-state index is -0.00770. The van der Waals surface area contributed by atoms with E-state index in [1.54, 1.807) is 0 Å². The predicted molar refractivity (Wildman–Crippen MR) is 106 cm³/mol. The maximum Gasteiger partial charge on any atom is 0.239 e. The highest BCUT2D eigenvalue weighted by Crippen LogP contribution is 2.28. The van der Waals surface area contributed by atoms with E-state index in [0.717, 1.165) is 57.6 Å². The molecule has 0 radical (unpaired) electrons. The van der Waals surface area contributed by atoms with Crippen LogP contribution in [0.3, 0.4) is 0 Å². The van der Waals surface area contributed by atoms with Crippen molar-refractivity contribution < 1.29 is 4.79 Å².